The Labute approximate surface area is 302 Å². The van der Waals surface area contributed by atoms with Gasteiger partial charge in [-0.15, -0.1) is 0 Å². The van der Waals surface area contributed by atoms with E-state index < -0.39 is 52.7 Å². The van der Waals surface area contributed by atoms with Crippen molar-refractivity contribution >= 4 is 34.8 Å². The number of hydrogen-bond acceptors (Lipinski definition) is 8. The van der Waals surface area contributed by atoms with Crippen molar-refractivity contribution in [3.05, 3.63) is 73.0 Å². The third kappa shape index (κ3) is 9.45. The summed E-state index contributed by atoms with van der Waals surface area (Å²) in [4.78, 5) is 12.3. The number of carbonyl (C=O) groups excluding carboxylic acids is 1. The topological polar surface area (TPSA) is 97.4 Å². The summed E-state index contributed by atoms with van der Waals surface area (Å²) < 4.78 is 93.3. The molecule has 0 amide bonds. The van der Waals surface area contributed by atoms with Crippen LogP contribution in [0.2, 0.25) is 5.04 Å². The summed E-state index contributed by atoms with van der Waals surface area (Å²) in [5, 5.41) is 1.90. The van der Waals surface area contributed by atoms with Crippen LogP contribution < -0.4 is 10.4 Å². The first-order valence-corrected chi connectivity index (χ1v) is 20.9. The van der Waals surface area contributed by atoms with Gasteiger partial charge in [0.1, 0.15) is 11.4 Å². The number of benzene rings is 2. The maximum absolute atomic E-state index is 13.0. The van der Waals surface area contributed by atoms with Gasteiger partial charge in [-0.05, 0) is 68.3 Å². The van der Waals surface area contributed by atoms with Gasteiger partial charge >= 0.3 is 21.6 Å². The Hall–Kier alpha value is -2.71. The number of allylic oxidation sites excluding steroid dienone is 1. The molecule has 51 heavy (non-hydrogen) atoms. The van der Waals surface area contributed by atoms with Crippen molar-refractivity contribution < 1.29 is 49.2 Å². The standard InChI is InChI=1S/C38H53F3O8SSi/c1-27(28(2)49-50(43,44)38(39,40)41)24-29-21-22-33-37(48-29,25-30(47-33)16-15-23-45-34(42)35(3,4)5)26-46-51(36(6,7)8,31-17-11-9-12-18-31)32-19-13-10-14-20-32/h9-14,17-20,27,29-30,33H,2,15-16,21-26H2,1,3-8H3/t27-,29?,30+,33+,37-/m1/s1. The quantitative estimate of drug-likeness (QED) is 0.0492. The lowest BCUT2D eigenvalue weighted by Gasteiger charge is -2.48. The first-order chi connectivity index (χ1) is 23.6. The fourth-order valence-electron chi connectivity index (χ4n) is 7.11. The molecule has 0 bridgehead atoms. The Morgan fingerprint density at radius 2 is 1.53 bits per heavy atom. The van der Waals surface area contributed by atoms with Crippen molar-refractivity contribution in [1.82, 2.24) is 0 Å². The first kappa shape index (κ1) is 41.0. The number of esters is 1. The molecule has 2 heterocycles. The largest absolute Gasteiger partial charge is 0.534 e. The summed E-state index contributed by atoms with van der Waals surface area (Å²) in [5.41, 5.74) is -7.06. The molecule has 0 radical (unpaired) electrons. The van der Waals surface area contributed by atoms with E-state index in [9.17, 15) is 26.4 Å². The molecule has 2 aromatic rings. The van der Waals surface area contributed by atoms with E-state index in [-0.39, 0.29) is 42.9 Å². The third-order valence-corrected chi connectivity index (χ3v) is 15.8. The lowest BCUT2D eigenvalue weighted by Crippen LogP contribution is -2.68. The summed E-state index contributed by atoms with van der Waals surface area (Å²) in [5.74, 6) is -1.53. The van der Waals surface area contributed by atoms with Crippen molar-refractivity contribution in [2.75, 3.05) is 13.2 Å². The average Bonchev–Trinajstić information content (AvgIpc) is 3.40. The minimum absolute atomic E-state index is 0.188. The summed E-state index contributed by atoms with van der Waals surface area (Å²) in [7, 11) is -8.84. The summed E-state index contributed by atoms with van der Waals surface area (Å²) >= 11 is 0. The molecule has 1 unspecified atom stereocenters. The first-order valence-electron chi connectivity index (χ1n) is 17.6. The van der Waals surface area contributed by atoms with Crippen molar-refractivity contribution in [2.45, 2.75) is 121 Å². The van der Waals surface area contributed by atoms with Crippen LogP contribution in [0.15, 0.2) is 73.0 Å². The van der Waals surface area contributed by atoms with Crippen LogP contribution in [0.25, 0.3) is 0 Å². The van der Waals surface area contributed by atoms with E-state index in [4.69, 9.17) is 18.6 Å². The molecular formula is C38H53F3O8SSi. The minimum atomic E-state index is -5.84. The zero-order chi connectivity index (χ0) is 37.9. The molecule has 0 saturated carbocycles. The number of rotatable bonds is 14. The number of alkyl halides is 3. The predicted octanol–water partition coefficient (Wildman–Crippen LogP) is 7.41. The molecule has 2 saturated heterocycles. The van der Waals surface area contributed by atoms with E-state index in [1.54, 1.807) is 27.7 Å². The normalized spacial score (nSPS) is 23.7. The maximum Gasteiger partial charge on any atom is 0.534 e. The highest BCUT2D eigenvalue weighted by Gasteiger charge is 2.57. The van der Waals surface area contributed by atoms with Crippen LogP contribution in [0.4, 0.5) is 13.2 Å². The molecule has 5 atom stereocenters. The van der Waals surface area contributed by atoms with E-state index >= 15 is 0 Å². The smallest absolute Gasteiger partial charge is 0.465 e. The summed E-state index contributed by atoms with van der Waals surface area (Å²) in [6.45, 7) is 17.5. The highest BCUT2D eigenvalue weighted by atomic mass is 32.2. The molecule has 0 aliphatic carbocycles. The lowest BCUT2D eigenvalue weighted by atomic mass is 9.85. The molecule has 2 fully saturated rings. The van der Waals surface area contributed by atoms with Gasteiger partial charge in [0, 0.05) is 12.3 Å². The van der Waals surface area contributed by atoms with Crippen LogP contribution in [0, 0.1) is 11.3 Å². The lowest BCUT2D eigenvalue weighted by molar-refractivity contribution is -0.183. The zero-order valence-electron chi connectivity index (χ0n) is 30.8. The molecule has 0 aromatic heterocycles. The van der Waals surface area contributed by atoms with Gasteiger partial charge in [0.2, 0.25) is 0 Å². The van der Waals surface area contributed by atoms with E-state index in [2.05, 4.69) is 55.8 Å². The fraction of sp³-hybridized carbons (Fsp3) is 0.605. The zero-order valence-corrected chi connectivity index (χ0v) is 32.6. The average molecular weight is 755 g/mol. The molecular weight excluding hydrogens is 702 g/mol. The molecule has 0 N–H and O–H groups in total. The fourth-order valence-corrected chi connectivity index (χ4v) is 12.3. The van der Waals surface area contributed by atoms with Crippen LogP contribution in [0.3, 0.4) is 0 Å². The number of halogens is 3. The van der Waals surface area contributed by atoms with Crippen LogP contribution in [-0.2, 0) is 37.7 Å². The van der Waals surface area contributed by atoms with Gasteiger partial charge in [-0.2, -0.15) is 21.6 Å². The van der Waals surface area contributed by atoms with Crippen LogP contribution in [-0.4, -0.2) is 65.3 Å². The number of fused-ring (bicyclic) bond motifs is 1. The monoisotopic (exact) mass is 754 g/mol. The van der Waals surface area contributed by atoms with Gasteiger partial charge in [0.05, 0.1) is 36.9 Å². The van der Waals surface area contributed by atoms with Gasteiger partial charge in [-0.1, -0.05) is 94.9 Å². The third-order valence-electron chi connectivity index (χ3n) is 9.80. The highest BCUT2D eigenvalue weighted by Crippen LogP contribution is 2.46. The number of carbonyl (C=O) groups is 1. The molecule has 284 valence electrons. The summed E-state index contributed by atoms with van der Waals surface area (Å²) in [6.07, 6.45) is 2.04. The Morgan fingerprint density at radius 3 is 2.04 bits per heavy atom. The maximum atomic E-state index is 13.0. The second-order valence-electron chi connectivity index (χ2n) is 15.9. The molecule has 2 aliphatic heterocycles. The van der Waals surface area contributed by atoms with E-state index in [0.717, 1.165) is 10.4 Å². The molecule has 8 nitrogen and oxygen atoms in total. The predicted molar refractivity (Wildman–Crippen MR) is 192 cm³/mol. The molecule has 2 aromatic carbocycles. The highest BCUT2D eigenvalue weighted by molar-refractivity contribution is 7.87. The second kappa shape index (κ2) is 15.7. The number of ether oxygens (including phenoxy) is 3. The van der Waals surface area contributed by atoms with Crippen LogP contribution in [0.1, 0.15) is 87.0 Å². The van der Waals surface area contributed by atoms with Gasteiger partial charge in [-0.3, -0.25) is 4.79 Å². The molecule has 0 spiro atoms. The minimum Gasteiger partial charge on any atom is -0.465 e. The number of hydrogen-bond donors (Lipinski definition) is 0. The molecule has 4 rings (SSSR count). The second-order valence-corrected chi connectivity index (χ2v) is 21.7. The van der Waals surface area contributed by atoms with Crippen molar-refractivity contribution in [3.63, 3.8) is 0 Å². The Balaban J connectivity index is 1.62. The van der Waals surface area contributed by atoms with Crippen molar-refractivity contribution in [3.8, 4) is 0 Å². The Kier molecular flexibility index (Phi) is 12.7. The van der Waals surface area contributed by atoms with E-state index in [1.165, 1.54) is 0 Å². The van der Waals surface area contributed by atoms with Crippen molar-refractivity contribution in [1.29, 1.82) is 0 Å². The van der Waals surface area contributed by atoms with Gasteiger partial charge in [-0.25, -0.2) is 0 Å². The van der Waals surface area contributed by atoms with Gasteiger partial charge in [0.15, 0.2) is 0 Å². The van der Waals surface area contributed by atoms with E-state index in [1.807, 2.05) is 36.4 Å². The molecule has 2 aliphatic rings. The van der Waals surface area contributed by atoms with Crippen molar-refractivity contribution in [2.24, 2.45) is 11.3 Å². The Bertz CT molecular complexity index is 1550. The van der Waals surface area contributed by atoms with Crippen LogP contribution in [0.5, 0.6) is 0 Å². The van der Waals surface area contributed by atoms with Gasteiger partial charge in [0.25, 0.3) is 8.32 Å². The molecule has 13 heteroatoms. The summed E-state index contributed by atoms with van der Waals surface area (Å²) in [6, 6.07) is 20.5. The Morgan fingerprint density at radius 1 is 0.961 bits per heavy atom. The SMILES string of the molecule is C=C(OS(=O)(=O)C(F)(F)F)[C@H](C)CC1CC[C@@H]2O[C@@H](CCCOC(=O)C(C)(C)C)C[C@]2(CO[Si](c2ccccc2)(c2ccccc2)C(C)(C)C)O1. The van der Waals surface area contributed by atoms with E-state index in [0.29, 0.717) is 32.1 Å². The van der Waals surface area contributed by atoms with Crippen LogP contribution >= 0.6 is 0 Å². The van der Waals surface area contributed by atoms with Gasteiger partial charge < -0.3 is 22.8 Å².